The molecule has 0 aromatic heterocycles. The van der Waals surface area contributed by atoms with Crippen LogP contribution in [0.1, 0.15) is 53.3 Å². The maximum Gasteiger partial charge on any atom is 0.251 e. The van der Waals surface area contributed by atoms with Crippen LogP contribution in [0.15, 0.2) is 36.4 Å². The van der Waals surface area contributed by atoms with Crippen LogP contribution >= 0.6 is 11.8 Å². The lowest BCUT2D eigenvalue weighted by atomic mass is 9.84. The van der Waals surface area contributed by atoms with Crippen LogP contribution in [0.5, 0.6) is 11.5 Å². The Morgan fingerprint density at radius 2 is 1.87 bits per heavy atom. The van der Waals surface area contributed by atoms with Gasteiger partial charge in [-0.05, 0) is 60.7 Å². The molecule has 1 aliphatic carbocycles. The number of thioether (sulfide) groups is 1. The summed E-state index contributed by atoms with van der Waals surface area (Å²) in [6.07, 6.45) is 5.92. The van der Waals surface area contributed by atoms with E-state index in [2.05, 4.69) is 5.32 Å². The van der Waals surface area contributed by atoms with Crippen molar-refractivity contribution in [3.8, 4) is 11.5 Å². The monoisotopic (exact) mass is 446 g/mol. The van der Waals surface area contributed by atoms with Crippen molar-refractivity contribution in [1.82, 2.24) is 5.32 Å². The molecule has 168 valence electrons. The molecule has 1 fully saturated rings. The van der Waals surface area contributed by atoms with Gasteiger partial charge in [-0.3, -0.25) is 4.79 Å². The number of hydrogen-bond acceptors (Lipinski definition) is 5. The fraction of sp³-hybridized carbons (Fsp3) is 0.458. The predicted molar refractivity (Wildman–Crippen MR) is 124 cm³/mol. The third kappa shape index (κ3) is 6.06. The molecular weight excluding hydrogens is 415 g/mol. The molecule has 0 heterocycles. The van der Waals surface area contributed by atoms with Crippen molar-refractivity contribution in [2.45, 2.75) is 37.4 Å². The summed E-state index contributed by atoms with van der Waals surface area (Å²) in [6, 6.07) is 9.73. The minimum atomic E-state index is -0.257. The van der Waals surface area contributed by atoms with Crippen LogP contribution in [0.2, 0.25) is 0 Å². The third-order valence-electron chi connectivity index (χ3n) is 5.76. The molecule has 3 rings (SSSR count). The van der Waals surface area contributed by atoms with Gasteiger partial charge in [0.1, 0.15) is 5.82 Å². The van der Waals surface area contributed by atoms with Gasteiger partial charge in [0.15, 0.2) is 11.5 Å². The second kappa shape index (κ2) is 11.3. The van der Waals surface area contributed by atoms with Gasteiger partial charge < -0.3 is 20.5 Å². The maximum atomic E-state index is 13.9. The smallest absolute Gasteiger partial charge is 0.251 e. The molecule has 31 heavy (non-hydrogen) atoms. The topological polar surface area (TPSA) is 73.6 Å². The number of amides is 1. The second-order valence-corrected chi connectivity index (χ2v) is 9.04. The van der Waals surface area contributed by atoms with E-state index in [4.69, 9.17) is 15.2 Å². The van der Waals surface area contributed by atoms with E-state index in [1.807, 2.05) is 0 Å². The zero-order valence-electron chi connectivity index (χ0n) is 18.2. The van der Waals surface area contributed by atoms with E-state index in [0.29, 0.717) is 35.2 Å². The molecule has 1 amide bonds. The highest BCUT2D eigenvalue weighted by Crippen LogP contribution is 2.45. The van der Waals surface area contributed by atoms with Crippen molar-refractivity contribution in [1.29, 1.82) is 0 Å². The standard InChI is InChI=1S/C24H31FN2O3S/c1-29-21-11-8-17(14-22(21)30-2)24(28)27-12-13-31-23(16-6-4-3-5-7-16)19-15-18(25)9-10-20(19)26/h8-11,14-16,23H,3-7,12-13,26H2,1-2H3,(H,27,28). The number of hydrogen-bond donors (Lipinski definition) is 2. The molecule has 1 atom stereocenters. The van der Waals surface area contributed by atoms with Gasteiger partial charge in [0.05, 0.1) is 14.2 Å². The van der Waals surface area contributed by atoms with E-state index in [9.17, 15) is 9.18 Å². The van der Waals surface area contributed by atoms with E-state index in [1.54, 1.807) is 56.3 Å². The first-order valence-electron chi connectivity index (χ1n) is 10.7. The van der Waals surface area contributed by atoms with Gasteiger partial charge in [-0.15, -0.1) is 0 Å². The van der Waals surface area contributed by atoms with Crippen LogP contribution in [0.4, 0.5) is 10.1 Å². The highest BCUT2D eigenvalue weighted by Gasteiger charge is 2.27. The molecule has 0 bridgehead atoms. The third-order valence-corrected chi connectivity index (χ3v) is 7.20. The number of halogens is 1. The van der Waals surface area contributed by atoms with Gasteiger partial charge in [0, 0.05) is 28.8 Å². The number of benzene rings is 2. The highest BCUT2D eigenvalue weighted by atomic mass is 32.2. The normalized spacial score (nSPS) is 15.3. The Labute approximate surface area is 187 Å². The molecule has 1 aliphatic rings. The highest BCUT2D eigenvalue weighted by molar-refractivity contribution is 7.99. The average molecular weight is 447 g/mol. The van der Waals surface area contributed by atoms with Crippen molar-refractivity contribution in [3.63, 3.8) is 0 Å². The van der Waals surface area contributed by atoms with Crippen LogP contribution in [0.25, 0.3) is 0 Å². The van der Waals surface area contributed by atoms with Gasteiger partial charge in [-0.25, -0.2) is 4.39 Å². The van der Waals surface area contributed by atoms with Crippen molar-refractivity contribution < 1.29 is 18.7 Å². The summed E-state index contributed by atoms with van der Waals surface area (Å²) in [4.78, 5) is 12.5. The molecule has 0 saturated heterocycles. The number of methoxy groups -OCH3 is 2. The number of nitrogen functional groups attached to an aromatic ring is 1. The van der Waals surface area contributed by atoms with Gasteiger partial charge in [-0.1, -0.05) is 19.3 Å². The lowest BCUT2D eigenvalue weighted by Gasteiger charge is -2.31. The van der Waals surface area contributed by atoms with Crippen LogP contribution < -0.4 is 20.5 Å². The quantitative estimate of drug-likeness (QED) is 0.409. The Balaban J connectivity index is 1.61. The van der Waals surface area contributed by atoms with Crippen molar-refractivity contribution in [2.75, 3.05) is 32.3 Å². The molecule has 2 aromatic rings. The molecular formula is C24H31FN2O3S. The molecule has 0 aliphatic heterocycles. The first kappa shape index (κ1) is 23.3. The summed E-state index contributed by atoms with van der Waals surface area (Å²) in [5.41, 5.74) is 8.24. The minimum Gasteiger partial charge on any atom is -0.493 e. The number of nitrogens with two attached hydrogens (primary N) is 1. The van der Waals surface area contributed by atoms with E-state index < -0.39 is 0 Å². The molecule has 5 nitrogen and oxygen atoms in total. The number of anilines is 1. The zero-order chi connectivity index (χ0) is 22.2. The first-order valence-corrected chi connectivity index (χ1v) is 11.7. The lowest BCUT2D eigenvalue weighted by Crippen LogP contribution is -2.26. The van der Waals surface area contributed by atoms with Crippen LogP contribution in [-0.4, -0.2) is 32.4 Å². The summed E-state index contributed by atoms with van der Waals surface area (Å²) >= 11 is 1.75. The first-order chi connectivity index (χ1) is 15.0. The SMILES string of the molecule is COc1ccc(C(=O)NCCSC(c2cc(F)ccc2N)C2CCCCC2)cc1OC. The van der Waals surface area contributed by atoms with Gasteiger partial charge in [0.25, 0.3) is 5.91 Å². The Morgan fingerprint density at radius 3 is 2.58 bits per heavy atom. The largest absolute Gasteiger partial charge is 0.493 e. The lowest BCUT2D eigenvalue weighted by molar-refractivity contribution is 0.0955. The Kier molecular flexibility index (Phi) is 8.46. The summed E-state index contributed by atoms with van der Waals surface area (Å²) in [5.74, 6) is 1.87. The second-order valence-electron chi connectivity index (χ2n) is 7.79. The number of rotatable bonds is 9. The van der Waals surface area contributed by atoms with Gasteiger partial charge in [0.2, 0.25) is 0 Å². The maximum absolute atomic E-state index is 13.9. The van der Waals surface area contributed by atoms with Gasteiger partial charge >= 0.3 is 0 Å². The van der Waals surface area contributed by atoms with Crippen LogP contribution in [0.3, 0.4) is 0 Å². The molecule has 1 saturated carbocycles. The van der Waals surface area contributed by atoms with E-state index in [0.717, 1.165) is 24.2 Å². The summed E-state index contributed by atoms with van der Waals surface area (Å²) in [7, 11) is 3.10. The van der Waals surface area contributed by atoms with Crippen molar-refractivity contribution >= 4 is 23.4 Å². The minimum absolute atomic E-state index is 0.133. The van der Waals surface area contributed by atoms with E-state index >= 15 is 0 Å². The molecule has 0 spiro atoms. The number of carbonyl (C=O) groups is 1. The zero-order valence-corrected chi connectivity index (χ0v) is 19.0. The fourth-order valence-corrected chi connectivity index (χ4v) is 5.54. The number of ether oxygens (including phenoxy) is 2. The fourth-order valence-electron chi connectivity index (χ4n) is 4.14. The molecule has 1 unspecified atom stereocenters. The molecule has 3 N–H and O–H groups in total. The molecule has 7 heteroatoms. The Morgan fingerprint density at radius 1 is 1.13 bits per heavy atom. The Hall–Kier alpha value is -2.41. The molecule has 0 radical (unpaired) electrons. The van der Waals surface area contributed by atoms with Crippen LogP contribution in [0, 0.1) is 11.7 Å². The average Bonchev–Trinajstić information content (AvgIpc) is 2.80. The summed E-state index contributed by atoms with van der Waals surface area (Å²) < 4.78 is 24.4. The van der Waals surface area contributed by atoms with Crippen molar-refractivity contribution in [2.24, 2.45) is 5.92 Å². The summed E-state index contributed by atoms with van der Waals surface area (Å²) in [6.45, 7) is 0.510. The van der Waals surface area contributed by atoms with Crippen LogP contribution in [-0.2, 0) is 0 Å². The predicted octanol–water partition coefficient (Wildman–Crippen LogP) is 5.21. The number of carbonyl (C=O) groups excluding carboxylic acids is 1. The Bertz CT molecular complexity index is 887. The molecule has 2 aromatic carbocycles. The number of nitrogens with one attached hydrogen (secondary N) is 1. The van der Waals surface area contributed by atoms with E-state index in [1.165, 1.54) is 25.3 Å². The van der Waals surface area contributed by atoms with Crippen molar-refractivity contribution in [3.05, 3.63) is 53.3 Å². The summed E-state index contributed by atoms with van der Waals surface area (Å²) in [5, 5.41) is 3.10. The van der Waals surface area contributed by atoms with E-state index in [-0.39, 0.29) is 17.0 Å². The van der Waals surface area contributed by atoms with Gasteiger partial charge in [-0.2, -0.15) is 11.8 Å².